The summed E-state index contributed by atoms with van der Waals surface area (Å²) in [6.45, 7) is 0.784. The first-order valence-corrected chi connectivity index (χ1v) is 11.9. The molecule has 0 fully saturated rings. The van der Waals surface area contributed by atoms with E-state index in [-0.39, 0.29) is 18.6 Å². The number of hydrogen-bond donors (Lipinski definition) is 8. The van der Waals surface area contributed by atoms with Gasteiger partial charge in [-0.3, -0.25) is 14.4 Å². The second-order valence-electron chi connectivity index (χ2n) is 8.91. The van der Waals surface area contributed by atoms with E-state index in [1.807, 2.05) is 24.3 Å². The molecule has 38 heavy (non-hydrogen) atoms. The number of aliphatic hydroxyl groups is 1. The number of aliphatic hydroxyl groups excluding tert-OH is 1. The zero-order valence-electron chi connectivity index (χ0n) is 20.7. The van der Waals surface area contributed by atoms with E-state index in [4.69, 9.17) is 10.8 Å². The maximum absolute atomic E-state index is 13.3. The van der Waals surface area contributed by atoms with E-state index in [9.17, 15) is 29.4 Å². The van der Waals surface area contributed by atoms with Crippen molar-refractivity contribution in [3.05, 3.63) is 65.9 Å². The molecule has 0 saturated heterocycles. The molecule has 0 saturated carbocycles. The number of carbonyl (C=O) groups is 4. The highest BCUT2D eigenvalue weighted by Crippen LogP contribution is 2.19. The van der Waals surface area contributed by atoms with Gasteiger partial charge in [0, 0.05) is 29.9 Å². The standard InChI is InChI=1S/C26H31N5O7/c1-14(29-24(35)19(27)13-32)23(34)30-21(11-16-12-28-20-5-3-2-4-18(16)20)25(36)31-22(26(37)38)10-15-6-8-17(33)9-7-15/h2-9,12,14,19,21-22,28,32-33H,10-11,13,27H2,1H3,(H,29,35)(H,30,34)(H,31,36)(H,37,38). The molecule has 12 nitrogen and oxygen atoms in total. The molecule has 9 N–H and O–H groups in total. The fraction of sp³-hybridized carbons (Fsp3) is 0.308. The van der Waals surface area contributed by atoms with E-state index in [1.165, 1.54) is 19.1 Å². The number of phenolic OH excluding ortho intramolecular Hbond substituents is 1. The van der Waals surface area contributed by atoms with Crippen molar-refractivity contribution in [1.82, 2.24) is 20.9 Å². The highest BCUT2D eigenvalue weighted by molar-refractivity contribution is 5.94. The van der Waals surface area contributed by atoms with Gasteiger partial charge in [-0.1, -0.05) is 30.3 Å². The van der Waals surface area contributed by atoms with Crippen LogP contribution < -0.4 is 21.7 Å². The van der Waals surface area contributed by atoms with Crippen molar-refractivity contribution in [2.75, 3.05) is 6.61 Å². The van der Waals surface area contributed by atoms with Gasteiger partial charge in [-0.25, -0.2) is 4.79 Å². The minimum atomic E-state index is -1.31. The molecular weight excluding hydrogens is 494 g/mol. The number of carbonyl (C=O) groups excluding carboxylic acids is 3. The maximum atomic E-state index is 13.3. The number of nitrogens with two attached hydrogens (primary N) is 1. The van der Waals surface area contributed by atoms with Crippen LogP contribution in [0.2, 0.25) is 0 Å². The second kappa shape index (κ2) is 12.7. The van der Waals surface area contributed by atoms with Crippen LogP contribution in [0.1, 0.15) is 18.1 Å². The summed E-state index contributed by atoms with van der Waals surface area (Å²) in [6.07, 6.45) is 1.68. The molecule has 0 spiro atoms. The fourth-order valence-corrected chi connectivity index (χ4v) is 3.84. The minimum Gasteiger partial charge on any atom is -0.508 e. The molecule has 3 rings (SSSR count). The molecule has 0 aliphatic rings. The van der Waals surface area contributed by atoms with E-state index in [0.717, 1.165) is 10.9 Å². The van der Waals surface area contributed by atoms with Crippen LogP contribution in [0.3, 0.4) is 0 Å². The number of carboxylic acid groups (broad SMARTS) is 1. The highest BCUT2D eigenvalue weighted by atomic mass is 16.4. The van der Waals surface area contributed by atoms with Crippen LogP contribution in [0.15, 0.2) is 54.7 Å². The first-order valence-electron chi connectivity index (χ1n) is 11.9. The van der Waals surface area contributed by atoms with Crippen molar-refractivity contribution in [3.8, 4) is 5.75 Å². The van der Waals surface area contributed by atoms with Crippen LogP contribution in [0.4, 0.5) is 0 Å². The molecule has 3 aromatic rings. The van der Waals surface area contributed by atoms with Gasteiger partial charge in [0.05, 0.1) is 6.61 Å². The largest absolute Gasteiger partial charge is 0.508 e. The van der Waals surface area contributed by atoms with E-state index in [0.29, 0.717) is 11.1 Å². The Bertz CT molecular complexity index is 1290. The van der Waals surface area contributed by atoms with Gasteiger partial charge in [-0.2, -0.15) is 0 Å². The zero-order valence-corrected chi connectivity index (χ0v) is 20.7. The molecule has 202 valence electrons. The van der Waals surface area contributed by atoms with Crippen LogP contribution in [0.25, 0.3) is 10.9 Å². The van der Waals surface area contributed by atoms with Gasteiger partial charge in [-0.05, 0) is 36.2 Å². The number of aromatic amines is 1. The summed E-state index contributed by atoms with van der Waals surface area (Å²) in [7, 11) is 0. The van der Waals surface area contributed by atoms with Gasteiger partial charge in [0.25, 0.3) is 0 Å². The third-order valence-corrected chi connectivity index (χ3v) is 6.01. The molecule has 2 aromatic carbocycles. The number of aromatic hydroxyl groups is 1. The summed E-state index contributed by atoms with van der Waals surface area (Å²) >= 11 is 0. The first kappa shape index (κ1) is 28.2. The van der Waals surface area contributed by atoms with Crippen molar-refractivity contribution < 1.29 is 34.5 Å². The lowest BCUT2D eigenvalue weighted by Crippen LogP contribution is -2.57. The van der Waals surface area contributed by atoms with Gasteiger partial charge in [0.1, 0.15) is 29.9 Å². The number of amides is 3. The molecular formula is C26H31N5O7. The number of benzene rings is 2. The van der Waals surface area contributed by atoms with Crippen LogP contribution in [-0.2, 0) is 32.0 Å². The number of hydrogen-bond acceptors (Lipinski definition) is 7. The van der Waals surface area contributed by atoms with E-state index in [2.05, 4.69) is 20.9 Å². The summed E-state index contributed by atoms with van der Waals surface area (Å²) in [5.74, 6) is -3.43. The summed E-state index contributed by atoms with van der Waals surface area (Å²) < 4.78 is 0. The lowest BCUT2D eigenvalue weighted by Gasteiger charge is -2.24. The Balaban J connectivity index is 1.80. The number of nitrogens with one attached hydrogen (secondary N) is 4. The molecule has 0 radical (unpaired) electrons. The summed E-state index contributed by atoms with van der Waals surface area (Å²) in [5.41, 5.74) is 7.59. The Hall–Kier alpha value is -4.42. The number of rotatable bonds is 12. The van der Waals surface area contributed by atoms with E-state index >= 15 is 0 Å². The predicted octanol–water partition coefficient (Wildman–Crippen LogP) is -0.463. The second-order valence-corrected chi connectivity index (χ2v) is 8.91. The number of aromatic nitrogens is 1. The van der Waals surface area contributed by atoms with Crippen molar-refractivity contribution >= 4 is 34.6 Å². The predicted molar refractivity (Wildman–Crippen MR) is 138 cm³/mol. The van der Waals surface area contributed by atoms with Crippen molar-refractivity contribution in [1.29, 1.82) is 0 Å². The van der Waals surface area contributed by atoms with Gasteiger partial charge >= 0.3 is 5.97 Å². The molecule has 4 atom stereocenters. The Labute approximate surface area is 218 Å². The molecule has 3 amide bonds. The van der Waals surface area contributed by atoms with Gasteiger partial charge in [0.15, 0.2) is 0 Å². The number of carboxylic acids is 1. The normalized spacial score (nSPS) is 14.2. The van der Waals surface area contributed by atoms with Crippen LogP contribution in [0.5, 0.6) is 5.75 Å². The minimum absolute atomic E-state index is 0.0207. The monoisotopic (exact) mass is 525 g/mol. The molecule has 1 heterocycles. The van der Waals surface area contributed by atoms with E-state index < -0.39 is 54.5 Å². The zero-order chi connectivity index (χ0) is 27.8. The average molecular weight is 526 g/mol. The third kappa shape index (κ3) is 7.31. The highest BCUT2D eigenvalue weighted by Gasteiger charge is 2.29. The fourth-order valence-electron chi connectivity index (χ4n) is 3.84. The number of para-hydroxylation sites is 1. The van der Waals surface area contributed by atoms with Crippen molar-refractivity contribution in [2.45, 2.75) is 43.9 Å². The lowest BCUT2D eigenvalue weighted by molar-refractivity contribution is -0.142. The smallest absolute Gasteiger partial charge is 0.326 e. The number of phenols is 1. The van der Waals surface area contributed by atoms with Gasteiger partial charge < -0.3 is 42.0 Å². The van der Waals surface area contributed by atoms with Gasteiger partial charge in [-0.15, -0.1) is 0 Å². The number of fused-ring (bicyclic) bond motifs is 1. The average Bonchev–Trinajstić information content (AvgIpc) is 3.31. The Morgan fingerprint density at radius 3 is 2.21 bits per heavy atom. The molecule has 1 aromatic heterocycles. The van der Waals surface area contributed by atoms with Crippen LogP contribution >= 0.6 is 0 Å². The van der Waals surface area contributed by atoms with Gasteiger partial charge in [0.2, 0.25) is 17.7 Å². The van der Waals surface area contributed by atoms with Crippen LogP contribution in [-0.4, -0.2) is 74.8 Å². The summed E-state index contributed by atoms with van der Waals surface area (Å²) in [6, 6.07) is 8.48. The first-order chi connectivity index (χ1) is 18.1. The van der Waals surface area contributed by atoms with Crippen molar-refractivity contribution in [2.24, 2.45) is 5.73 Å². The molecule has 0 aliphatic heterocycles. The van der Waals surface area contributed by atoms with Crippen LogP contribution in [0, 0.1) is 0 Å². The molecule has 12 heteroatoms. The number of H-pyrrole nitrogens is 1. The third-order valence-electron chi connectivity index (χ3n) is 6.01. The Morgan fingerprint density at radius 1 is 0.895 bits per heavy atom. The molecule has 4 unspecified atom stereocenters. The summed E-state index contributed by atoms with van der Waals surface area (Å²) in [5, 5.41) is 36.5. The summed E-state index contributed by atoms with van der Waals surface area (Å²) in [4.78, 5) is 53.2. The maximum Gasteiger partial charge on any atom is 0.326 e. The Morgan fingerprint density at radius 2 is 1.55 bits per heavy atom. The molecule has 0 aliphatic carbocycles. The Kier molecular flexibility index (Phi) is 9.41. The quantitative estimate of drug-likeness (QED) is 0.155. The molecule has 0 bridgehead atoms. The van der Waals surface area contributed by atoms with E-state index in [1.54, 1.807) is 18.3 Å². The topological polar surface area (TPSA) is 207 Å². The number of aliphatic carboxylic acids is 1. The SMILES string of the molecule is CC(NC(=O)C(N)CO)C(=O)NC(Cc1c[nH]c2ccccc12)C(=O)NC(Cc1ccc(O)cc1)C(=O)O. The van der Waals surface area contributed by atoms with Crippen molar-refractivity contribution in [3.63, 3.8) is 0 Å². The lowest BCUT2D eigenvalue weighted by atomic mass is 10.0.